The topological polar surface area (TPSA) is 12.4 Å². The third kappa shape index (κ3) is 1.52. The summed E-state index contributed by atoms with van der Waals surface area (Å²) in [6.45, 7) is 10.4. The van der Waals surface area contributed by atoms with Gasteiger partial charge in [-0.1, -0.05) is 26.5 Å². The Labute approximate surface area is 102 Å². The van der Waals surface area contributed by atoms with Crippen molar-refractivity contribution in [3.63, 3.8) is 0 Å². The molecule has 1 heterocycles. The summed E-state index contributed by atoms with van der Waals surface area (Å²) in [5.74, 6) is 0. The summed E-state index contributed by atoms with van der Waals surface area (Å²) in [5.41, 5.74) is 4.88. The van der Waals surface area contributed by atoms with E-state index in [-0.39, 0.29) is 5.41 Å². The Hall–Kier alpha value is -1.02. The SMILES string of the molecule is C=Cc1cc2c(cc1SC)C(C)(C)C(C)=N2. The van der Waals surface area contributed by atoms with Crippen molar-refractivity contribution < 1.29 is 0 Å². The van der Waals surface area contributed by atoms with E-state index in [9.17, 15) is 0 Å². The van der Waals surface area contributed by atoms with Crippen LogP contribution in [0.4, 0.5) is 5.69 Å². The average molecular weight is 231 g/mol. The lowest BCUT2D eigenvalue weighted by Gasteiger charge is -2.20. The first kappa shape index (κ1) is 11.5. The summed E-state index contributed by atoms with van der Waals surface area (Å²) >= 11 is 1.77. The van der Waals surface area contributed by atoms with Gasteiger partial charge in [0.15, 0.2) is 0 Å². The second-order valence-corrected chi connectivity index (χ2v) is 5.49. The van der Waals surface area contributed by atoms with Gasteiger partial charge in [0.05, 0.1) is 5.69 Å². The first-order chi connectivity index (χ1) is 7.50. The van der Waals surface area contributed by atoms with E-state index in [4.69, 9.17) is 0 Å². The highest BCUT2D eigenvalue weighted by atomic mass is 32.2. The molecule has 0 atom stereocenters. The minimum atomic E-state index is 0.0690. The highest BCUT2D eigenvalue weighted by Gasteiger charge is 2.32. The van der Waals surface area contributed by atoms with E-state index in [0.717, 1.165) is 5.69 Å². The second kappa shape index (κ2) is 3.77. The molecule has 0 aromatic heterocycles. The lowest BCUT2D eigenvalue weighted by atomic mass is 9.82. The van der Waals surface area contributed by atoms with Gasteiger partial charge >= 0.3 is 0 Å². The fourth-order valence-corrected chi connectivity index (χ4v) is 2.64. The molecule has 0 amide bonds. The number of hydrogen-bond acceptors (Lipinski definition) is 2. The predicted molar refractivity (Wildman–Crippen MR) is 74.1 cm³/mol. The zero-order valence-corrected chi connectivity index (χ0v) is 11.1. The molecule has 0 saturated heterocycles. The van der Waals surface area contributed by atoms with Crippen LogP contribution < -0.4 is 0 Å². The molecule has 0 bridgehead atoms. The monoisotopic (exact) mass is 231 g/mol. The first-order valence-electron chi connectivity index (χ1n) is 5.41. The fourth-order valence-electron chi connectivity index (χ4n) is 2.03. The Bertz CT molecular complexity index is 484. The number of hydrogen-bond donors (Lipinski definition) is 0. The van der Waals surface area contributed by atoms with Gasteiger partial charge in [-0.15, -0.1) is 11.8 Å². The van der Waals surface area contributed by atoms with Crippen LogP contribution in [0.3, 0.4) is 0 Å². The van der Waals surface area contributed by atoms with E-state index in [1.807, 2.05) is 6.08 Å². The maximum absolute atomic E-state index is 4.65. The Balaban J connectivity index is 2.66. The van der Waals surface area contributed by atoms with Crippen LogP contribution in [0.5, 0.6) is 0 Å². The molecule has 0 spiro atoms. The maximum Gasteiger partial charge on any atom is 0.0677 e. The number of benzene rings is 1. The summed E-state index contributed by atoms with van der Waals surface area (Å²) in [4.78, 5) is 5.93. The van der Waals surface area contributed by atoms with Crippen molar-refractivity contribution >= 4 is 29.2 Å². The van der Waals surface area contributed by atoms with Crippen molar-refractivity contribution in [2.24, 2.45) is 4.99 Å². The molecule has 1 aromatic rings. The highest BCUT2D eigenvalue weighted by molar-refractivity contribution is 7.98. The van der Waals surface area contributed by atoms with Crippen molar-refractivity contribution in [3.8, 4) is 0 Å². The Kier molecular flexibility index (Phi) is 2.70. The molecule has 0 saturated carbocycles. The van der Waals surface area contributed by atoms with Gasteiger partial charge in [-0.2, -0.15) is 0 Å². The third-order valence-corrected chi connectivity index (χ3v) is 4.23. The van der Waals surface area contributed by atoms with Crippen LogP contribution >= 0.6 is 11.8 Å². The minimum Gasteiger partial charge on any atom is -0.257 e. The molecule has 0 unspecified atom stereocenters. The van der Waals surface area contributed by atoms with E-state index in [1.54, 1.807) is 11.8 Å². The molecule has 2 heteroatoms. The van der Waals surface area contributed by atoms with Crippen molar-refractivity contribution in [1.82, 2.24) is 0 Å². The smallest absolute Gasteiger partial charge is 0.0677 e. The normalized spacial score (nSPS) is 16.9. The predicted octanol–water partition coefficient (Wildman–Crippen LogP) is 4.44. The zero-order chi connectivity index (χ0) is 11.9. The van der Waals surface area contributed by atoms with E-state index >= 15 is 0 Å². The zero-order valence-electron chi connectivity index (χ0n) is 10.3. The van der Waals surface area contributed by atoms with Crippen molar-refractivity contribution in [2.75, 3.05) is 6.26 Å². The Morgan fingerprint density at radius 1 is 1.38 bits per heavy atom. The quantitative estimate of drug-likeness (QED) is 0.686. The molecule has 1 aliphatic heterocycles. The van der Waals surface area contributed by atoms with Gasteiger partial charge in [-0.05, 0) is 36.4 Å². The maximum atomic E-state index is 4.65. The molecule has 1 nitrogen and oxygen atoms in total. The summed E-state index contributed by atoms with van der Waals surface area (Å²) < 4.78 is 0. The van der Waals surface area contributed by atoms with Crippen molar-refractivity contribution in [2.45, 2.75) is 31.1 Å². The summed E-state index contributed by atoms with van der Waals surface area (Å²) in [5, 5.41) is 0. The molecular weight excluding hydrogens is 214 g/mol. The van der Waals surface area contributed by atoms with E-state index in [2.05, 4.69) is 50.7 Å². The van der Waals surface area contributed by atoms with Gasteiger partial charge in [0.2, 0.25) is 0 Å². The van der Waals surface area contributed by atoms with E-state index in [1.165, 1.54) is 21.7 Å². The van der Waals surface area contributed by atoms with Crippen molar-refractivity contribution in [3.05, 3.63) is 29.8 Å². The van der Waals surface area contributed by atoms with E-state index in [0.29, 0.717) is 0 Å². The van der Waals surface area contributed by atoms with Gasteiger partial charge in [-0.25, -0.2) is 0 Å². The Morgan fingerprint density at radius 3 is 2.62 bits per heavy atom. The van der Waals surface area contributed by atoms with Crippen LogP contribution in [0.2, 0.25) is 0 Å². The molecule has 1 aromatic carbocycles. The largest absolute Gasteiger partial charge is 0.257 e. The molecule has 16 heavy (non-hydrogen) atoms. The number of rotatable bonds is 2. The first-order valence-corrected chi connectivity index (χ1v) is 6.64. The summed E-state index contributed by atoms with van der Waals surface area (Å²) in [7, 11) is 0. The van der Waals surface area contributed by atoms with E-state index < -0.39 is 0 Å². The second-order valence-electron chi connectivity index (χ2n) is 4.64. The molecule has 2 rings (SSSR count). The van der Waals surface area contributed by atoms with Gasteiger partial charge in [-0.3, -0.25) is 4.99 Å². The number of fused-ring (bicyclic) bond motifs is 1. The van der Waals surface area contributed by atoms with Gasteiger partial charge in [0.25, 0.3) is 0 Å². The lowest BCUT2D eigenvalue weighted by molar-refractivity contribution is 0.731. The molecule has 0 radical (unpaired) electrons. The molecule has 1 aliphatic rings. The molecule has 0 N–H and O–H groups in total. The van der Waals surface area contributed by atoms with Crippen LogP contribution in [-0.2, 0) is 5.41 Å². The molecule has 84 valence electrons. The average Bonchev–Trinajstić information content (AvgIpc) is 2.48. The van der Waals surface area contributed by atoms with Gasteiger partial charge in [0, 0.05) is 16.0 Å². The highest BCUT2D eigenvalue weighted by Crippen LogP contribution is 2.43. The van der Waals surface area contributed by atoms with Crippen LogP contribution in [0.15, 0.2) is 28.6 Å². The minimum absolute atomic E-state index is 0.0690. The lowest BCUT2D eigenvalue weighted by Crippen LogP contribution is -2.22. The van der Waals surface area contributed by atoms with Crippen LogP contribution in [0, 0.1) is 0 Å². The van der Waals surface area contributed by atoms with Crippen LogP contribution in [0.25, 0.3) is 6.08 Å². The molecule has 0 aliphatic carbocycles. The number of thioether (sulfide) groups is 1. The summed E-state index contributed by atoms with van der Waals surface area (Å²) in [6.07, 6.45) is 4.01. The Morgan fingerprint density at radius 2 is 2.06 bits per heavy atom. The third-order valence-electron chi connectivity index (χ3n) is 3.43. The number of nitrogens with zero attached hydrogens (tertiary/aromatic N) is 1. The standard InChI is InChI=1S/C14H17NS/c1-6-10-7-12-11(8-13(10)16-5)14(3,4)9(2)15-12/h6-8H,1H2,2-5H3. The van der Waals surface area contributed by atoms with Crippen molar-refractivity contribution in [1.29, 1.82) is 0 Å². The number of aliphatic imine (C=N–C) groups is 1. The van der Waals surface area contributed by atoms with Gasteiger partial charge < -0.3 is 0 Å². The molecular formula is C14H17NS. The fraction of sp³-hybridized carbons (Fsp3) is 0.357. The van der Waals surface area contributed by atoms with Gasteiger partial charge in [0.1, 0.15) is 0 Å². The molecule has 0 fully saturated rings. The van der Waals surface area contributed by atoms with Crippen LogP contribution in [0.1, 0.15) is 31.9 Å². The summed E-state index contributed by atoms with van der Waals surface area (Å²) in [6, 6.07) is 4.41. The van der Waals surface area contributed by atoms with Crippen LogP contribution in [-0.4, -0.2) is 12.0 Å².